The van der Waals surface area contributed by atoms with Crippen molar-refractivity contribution >= 4 is 45.5 Å². The first-order chi connectivity index (χ1) is 12.7. The van der Waals surface area contributed by atoms with E-state index in [1.807, 2.05) is 42.5 Å². The van der Waals surface area contributed by atoms with Gasteiger partial charge < -0.3 is 15.4 Å². The molecule has 0 aliphatic rings. The van der Waals surface area contributed by atoms with E-state index in [2.05, 4.69) is 27.8 Å². The summed E-state index contributed by atoms with van der Waals surface area (Å²) in [4.78, 5) is 17.3. The van der Waals surface area contributed by atoms with Gasteiger partial charge in [0, 0.05) is 17.5 Å². The highest BCUT2D eigenvalue weighted by Crippen LogP contribution is 2.30. The number of hydrogen-bond donors (Lipinski definition) is 2. The number of methoxy groups -OCH3 is 1. The minimum absolute atomic E-state index is 0.363. The molecule has 0 atom stereocenters. The van der Waals surface area contributed by atoms with E-state index in [0.717, 1.165) is 11.3 Å². The third kappa shape index (κ3) is 4.65. The number of esters is 1. The summed E-state index contributed by atoms with van der Waals surface area (Å²) < 4.78 is 4.89. The summed E-state index contributed by atoms with van der Waals surface area (Å²) in [6, 6.07) is 17.4. The van der Waals surface area contributed by atoms with Crippen LogP contribution in [0.3, 0.4) is 0 Å². The van der Waals surface area contributed by atoms with Crippen molar-refractivity contribution in [2.24, 2.45) is 0 Å². The number of aromatic nitrogens is 1. The first kappa shape index (κ1) is 18.0. The molecule has 1 aromatic carbocycles. The summed E-state index contributed by atoms with van der Waals surface area (Å²) in [6.07, 6.45) is 2.41. The number of anilines is 2. The zero-order valence-electron chi connectivity index (χ0n) is 14.1. The third-order valence-corrected chi connectivity index (χ3v) is 4.80. The smallest absolute Gasteiger partial charge is 0.340 e. The lowest BCUT2D eigenvalue weighted by molar-refractivity contribution is 0.0602. The van der Waals surface area contributed by atoms with E-state index in [4.69, 9.17) is 17.0 Å². The van der Waals surface area contributed by atoms with E-state index >= 15 is 0 Å². The van der Waals surface area contributed by atoms with Crippen LogP contribution < -0.4 is 10.6 Å². The number of carbonyl (C=O) groups is 1. The third-order valence-electron chi connectivity index (χ3n) is 3.54. The van der Waals surface area contributed by atoms with Crippen LogP contribution >= 0.6 is 23.6 Å². The molecule has 3 rings (SSSR count). The Bertz CT molecular complexity index is 896. The van der Waals surface area contributed by atoms with Gasteiger partial charge in [0.15, 0.2) is 5.11 Å². The Morgan fingerprint density at radius 3 is 2.62 bits per heavy atom. The Hall–Kier alpha value is -2.77. The van der Waals surface area contributed by atoms with Crippen molar-refractivity contribution < 1.29 is 9.53 Å². The summed E-state index contributed by atoms with van der Waals surface area (Å²) >= 11 is 6.81. The zero-order chi connectivity index (χ0) is 18.4. The van der Waals surface area contributed by atoms with E-state index in [9.17, 15) is 4.79 Å². The maximum atomic E-state index is 12.1. The highest BCUT2D eigenvalue weighted by atomic mass is 32.1. The normalized spacial score (nSPS) is 10.2. The SMILES string of the molecule is COC(=O)c1cc(Cc2ccccc2)sc1NC(=S)Nc1ccccn1. The second kappa shape index (κ2) is 8.55. The monoisotopic (exact) mass is 383 g/mol. The number of thiophene rings is 1. The lowest BCUT2D eigenvalue weighted by Gasteiger charge is -2.09. The second-order valence-electron chi connectivity index (χ2n) is 5.40. The summed E-state index contributed by atoms with van der Waals surface area (Å²) in [5.41, 5.74) is 1.64. The first-order valence-corrected chi connectivity index (χ1v) is 9.12. The molecule has 2 aromatic heterocycles. The number of nitrogens with one attached hydrogen (secondary N) is 2. The van der Waals surface area contributed by atoms with E-state index < -0.39 is 5.97 Å². The fraction of sp³-hybridized carbons (Fsp3) is 0.105. The van der Waals surface area contributed by atoms with Crippen molar-refractivity contribution in [3.05, 3.63) is 76.8 Å². The van der Waals surface area contributed by atoms with Crippen LogP contribution in [0.15, 0.2) is 60.8 Å². The highest BCUT2D eigenvalue weighted by Gasteiger charge is 2.18. The predicted molar refractivity (Wildman–Crippen MR) is 109 cm³/mol. The van der Waals surface area contributed by atoms with Crippen LogP contribution in [0.2, 0.25) is 0 Å². The van der Waals surface area contributed by atoms with Gasteiger partial charge in [-0.3, -0.25) is 0 Å². The molecule has 2 heterocycles. The Morgan fingerprint density at radius 1 is 1.15 bits per heavy atom. The average Bonchev–Trinajstić information content (AvgIpc) is 3.04. The molecule has 0 radical (unpaired) electrons. The Morgan fingerprint density at radius 2 is 1.92 bits per heavy atom. The number of hydrogen-bond acceptors (Lipinski definition) is 5. The summed E-state index contributed by atoms with van der Waals surface area (Å²) in [7, 11) is 1.37. The maximum Gasteiger partial charge on any atom is 0.340 e. The summed E-state index contributed by atoms with van der Waals surface area (Å²) in [6.45, 7) is 0. The van der Waals surface area contributed by atoms with Gasteiger partial charge in [0.05, 0.1) is 12.7 Å². The van der Waals surface area contributed by atoms with Crippen molar-refractivity contribution in [1.29, 1.82) is 0 Å². The van der Waals surface area contributed by atoms with Crippen LogP contribution in [-0.4, -0.2) is 23.2 Å². The van der Waals surface area contributed by atoms with Crippen molar-refractivity contribution in [3.8, 4) is 0 Å². The average molecular weight is 383 g/mol. The van der Waals surface area contributed by atoms with Crippen LogP contribution in [0.5, 0.6) is 0 Å². The predicted octanol–water partition coefficient (Wildman–Crippen LogP) is 4.33. The largest absolute Gasteiger partial charge is 0.465 e. The van der Waals surface area contributed by atoms with Crippen LogP contribution in [0.1, 0.15) is 20.8 Å². The molecule has 0 spiro atoms. The molecule has 0 bridgehead atoms. The molecule has 0 amide bonds. The number of nitrogens with zero attached hydrogens (tertiary/aromatic N) is 1. The highest BCUT2D eigenvalue weighted by molar-refractivity contribution is 7.80. The fourth-order valence-corrected chi connectivity index (χ4v) is 3.72. The van der Waals surface area contributed by atoms with Crippen molar-refractivity contribution in [1.82, 2.24) is 4.98 Å². The van der Waals surface area contributed by atoms with Crippen molar-refractivity contribution in [2.45, 2.75) is 6.42 Å². The van der Waals surface area contributed by atoms with Crippen LogP contribution in [-0.2, 0) is 11.2 Å². The standard InChI is InChI=1S/C19H17N3O2S2/c1-24-18(23)15-12-14(11-13-7-3-2-4-8-13)26-17(15)22-19(25)21-16-9-5-6-10-20-16/h2-10,12H,11H2,1H3,(H2,20,21,22,25). The van der Waals surface area contributed by atoms with Gasteiger partial charge >= 0.3 is 5.97 Å². The van der Waals surface area contributed by atoms with Gasteiger partial charge in [-0.15, -0.1) is 11.3 Å². The molecule has 0 fully saturated rings. The van der Waals surface area contributed by atoms with Crippen LogP contribution in [0.4, 0.5) is 10.8 Å². The van der Waals surface area contributed by atoms with Gasteiger partial charge in [0.25, 0.3) is 0 Å². The number of benzene rings is 1. The van der Waals surface area contributed by atoms with Crippen molar-refractivity contribution in [3.63, 3.8) is 0 Å². The fourth-order valence-electron chi connectivity index (χ4n) is 2.37. The summed E-state index contributed by atoms with van der Waals surface area (Å²) in [5, 5.41) is 7.09. The molecule has 132 valence electrons. The van der Waals surface area contributed by atoms with Gasteiger partial charge in [0.2, 0.25) is 0 Å². The van der Waals surface area contributed by atoms with E-state index in [1.54, 1.807) is 6.20 Å². The molecule has 0 unspecified atom stereocenters. The molecule has 3 aromatic rings. The molecular weight excluding hydrogens is 366 g/mol. The van der Waals surface area contributed by atoms with Crippen LogP contribution in [0.25, 0.3) is 0 Å². The minimum atomic E-state index is -0.399. The topological polar surface area (TPSA) is 63.2 Å². The molecule has 7 heteroatoms. The van der Waals surface area contributed by atoms with E-state index in [0.29, 0.717) is 21.5 Å². The van der Waals surface area contributed by atoms with Crippen molar-refractivity contribution in [2.75, 3.05) is 17.7 Å². The second-order valence-corrected chi connectivity index (χ2v) is 6.95. The maximum absolute atomic E-state index is 12.1. The van der Waals surface area contributed by atoms with E-state index in [-0.39, 0.29) is 0 Å². The summed E-state index contributed by atoms with van der Waals surface area (Å²) in [5.74, 6) is 0.231. The number of carbonyl (C=O) groups excluding carboxylic acids is 1. The lowest BCUT2D eigenvalue weighted by atomic mass is 10.1. The lowest BCUT2D eigenvalue weighted by Crippen LogP contribution is -2.20. The van der Waals surface area contributed by atoms with E-state index in [1.165, 1.54) is 24.0 Å². The molecule has 0 saturated carbocycles. The molecule has 0 aliphatic carbocycles. The van der Waals surface area contributed by atoms with Gasteiger partial charge in [-0.2, -0.15) is 0 Å². The molecule has 5 nitrogen and oxygen atoms in total. The Kier molecular flexibility index (Phi) is 5.93. The van der Waals surface area contributed by atoms with Gasteiger partial charge in [-0.1, -0.05) is 36.4 Å². The molecule has 2 N–H and O–H groups in total. The number of pyridine rings is 1. The number of ether oxygens (including phenoxy) is 1. The Labute approximate surface area is 161 Å². The quantitative estimate of drug-likeness (QED) is 0.505. The number of rotatable bonds is 5. The first-order valence-electron chi connectivity index (χ1n) is 7.89. The minimum Gasteiger partial charge on any atom is -0.465 e. The van der Waals surface area contributed by atoms with Gasteiger partial charge in [-0.25, -0.2) is 9.78 Å². The van der Waals surface area contributed by atoms with Gasteiger partial charge in [-0.05, 0) is 36.0 Å². The van der Waals surface area contributed by atoms with Gasteiger partial charge in [0.1, 0.15) is 10.8 Å². The molecule has 26 heavy (non-hydrogen) atoms. The molecule has 0 aliphatic heterocycles. The molecular formula is C19H17N3O2S2. The zero-order valence-corrected chi connectivity index (χ0v) is 15.7. The Balaban J connectivity index is 1.78. The number of thiocarbonyl (C=S) groups is 1. The van der Waals surface area contributed by atoms with Crippen LogP contribution in [0, 0.1) is 0 Å². The molecule has 0 saturated heterocycles.